The van der Waals surface area contributed by atoms with Gasteiger partial charge in [-0.15, -0.1) is 0 Å². The Morgan fingerprint density at radius 2 is 1.10 bits per heavy atom. The molecule has 7 aromatic carbocycles. The topological polar surface area (TPSA) is 17.3 Å². The molecule has 0 amide bonds. The number of benzene rings is 7. The molecular formula is C47H33N2P. The van der Waals surface area contributed by atoms with Crippen molar-refractivity contribution in [1.82, 2.24) is 9.38 Å². The van der Waals surface area contributed by atoms with Crippen molar-refractivity contribution in [1.29, 1.82) is 0 Å². The van der Waals surface area contributed by atoms with E-state index in [2.05, 4.69) is 175 Å². The first-order chi connectivity index (χ1) is 24.7. The smallest absolute Gasteiger partial charge is 0.145 e. The van der Waals surface area contributed by atoms with Gasteiger partial charge in [-0.05, 0) is 92.4 Å². The lowest BCUT2D eigenvalue weighted by Crippen LogP contribution is -2.27. The summed E-state index contributed by atoms with van der Waals surface area (Å²) in [6.07, 6.45) is 3.86. The molecule has 0 spiro atoms. The summed E-state index contributed by atoms with van der Waals surface area (Å²) < 4.78 is 2.24. The van der Waals surface area contributed by atoms with Gasteiger partial charge in [0.15, 0.2) is 0 Å². The van der Waals surface area contributed by atoms with Crippen LogP contribution in [0.15, 0.2) is 176 Å². The first-order valence-corrected chi connectivity index (χ1v) is 18.2. The molecule has 9 aromatic rings. The normalized spacial score (nSPS) is 12.1. The molecule has 0 unspecified atom stereocenters. The van der Waals surface area contributed by atoms with E-state index < -0.39 is 7.92 Å². The Hall–Kier alpha value is -6.08. The van der Waals surface area contributed by atoms with Crippen molar-refractivity contribution in [2.75, 3.05) is 0 Å². The Labute approximate surface area is 292 Å². The van der Waals surface area contributed by atoms with Gasteiger partial charge in [0, 0.05) is 10.6 Å². The minimum absolute atomic E-state index is 0.644. The molecular weight excluding hydrogens is 624 g/mol. The largest absolute Gasteiger partial charge is 0.292 e. The summed E-state index contributed by atoms with van der Waals surface area (Å²) in [5.41, 5.74) is 8.75. The standard InChI is InChI=1S/C47H33N2P/c1-3-12-42-32(2)47-48-44-17-10-11-18-45(44)49(47)46-31-38(26-28-43(42)46)34-21-19-33(20-22-34)35-23-24-37-30-41(27-25-36(37)29-35)50(39-13-6-4-7-14-39)40-15-8-5-9-16-40/h3-31H,1-2H2/b42-12+. The van der Waals surface area contributed by atoms with Gasteiger partial charge in [0.25, 0.3) is 0 Å². The number of fused-ring (bicyclic) bond motifs is 6. The van der Waals surface area contributed by atoms with Crippen molar-refractivity contribution < 1.29 is 0 Å². The number of hydrogen-bond donors (Lipinski definition) is 0. The zero-order chi connectivity index (χ0) is 33.6. The van der Waals surface area contributed by atoms with Gasteiger partial charge in [-0.25, -0.2) is 4.98 Å². The van der Waals surface area contributed by atoms with Gasteiger partial charge in [0.2, 0.25) is 0 Å². The van der Waals surface area contributed by atoms with E-state index in [1.165, 1.54) is 43.4 Å². The Bertz CT molecular complexity index is 2800. The van der Waals surface area contributed by atoms with E-state index in [9.17, 15) is 0 Å². The van der Waals surface area contributed by atoms with Gasteiger partial charge in [-0.3, -0.25) is 4.40 Å². The lowest BCUT2D eigenvalue weighted by atomic mass is 9.97. The molecule has 0 aliphatic heterocycles. The number of nitrogens with zero attached hydrogens (tertiary/aromatic N) is 2. The fourth-order valence-corrected chi connectivity index (χ4v) is 9.52. The Morgan fingerprint density at radius 3 is 1.80 bits per heavy atom. The maximum absolute atomic E-state index is 4.96. The zero-order valence-electron chi connectivity index (χ0n) is 27.5. The first kappa shape index (κ1) is 30.0. The molecule has 3 heteroatoms. The van der Waals surface area contributed by atoms with E-state index in [4.69, 9.17) is 4.98 Å². The zero-order valence-corrected chi connectivity index (χ0v) is 28.4. The van der Waals surface area contributed by atoms with Gasteiger partial charge >= 0.3 is 0 Å². The highest BCUT2D eigenvalue weighted by atomic mass is 31.1. The third-order valence-corrected chi connectivity index (χ3v) is 12.1. The van der Waals surface area contributed by atoms with Crippen LogP contribution in [0.4, 0.5) is 0 Å². The summed E-state index contributed by atoms with van der Waals surface area (Å²) in [6.45, 7) is 8.39. The third-order valence-electron chi connectivity index (χ3n) is 9.63. The summed E-state index contributed by atoms with van der Waals surface area (Å²) in [5, 5.41) is 9.68. The second-order valence-corrected chi connectivity index (χ2v) is 14.8. The van der Waals surface area contributed by atoms with Gasteiger partial charge in [-0.2, -0.15) is 0 Å². The maximum atomic E-state index is 4.96. The monoisotopic (exact) mass is 656 g/mol. The predicted octanol–water partition coefficient (Wildman–Crippen LogP) is 9.26. The average molecular weight is 657 g/mol. The molecule has 9 rings (SSSR count). The molecule has 0 saturated heterocycles. The second-order valence-electron chi connectivity index (χ2n) is 12.6. The number of imidazole rings is 1. The van der Waals surface area contributed by atoms with Crippen LogP contribution in [-0.2, 0) is 0 Å². The minimum Gasteiger partial charge on any atom is -0.292 e. The highest BCUT2D eigenvalue weighted by Crippen LogP contribution is 2.35. The summed E-state index contributed by atoms with van der Waals surface area (Å²) in [6, 6.07) is 59.5. The highest BCUT2D eigenvalue weighted by molar-refractivity contribution is 7.79. The van der Waals surface area contributed by atoms with E-state index in [1.54, 1.807) is 0 Å². The van der Waals surface area contributed by atoms with Crippen molar-refractivity contribution >= 4 is 74.8 Å². The first-order valence-electron chi connectivity index (χ1n) is 16.9. The second kappa shape index (κ2) is 12.4. The molecule has 2 aromatic heterocycles. The third kappa shape index (κ3) is 5.13. The quantitative estimate of drug-likeness (QED) is 0.163. The molecule has 0 N–H and O–H groups in total. The summed E-state index contributed by atoms with van der Waals surface area (Å²) >= 11 is 0. The SMILES string of the molecule is C=C/C=c1\c(=C)c2nc3ccccc3n2c2cc(-c3ccc(-c4ccc5cc(P(c6ccccc6)c6ccccc6)ccc5c4)cc3)ccc12. The number of rotatable bonds is 6. The van der Waals surface area contributed by atoms with E-state index in [0.717, 1.165) is 43.6 Å². The molecule has 50 heavy (non-hydrogen) atoms. The Morgan fingerprint density at radius 1 is 0.520 bits per heavy atom. The van der Waals surface area contributed by atoms with Crippen molar-refractivity contribution in [3.63, 3.8) is 0 Å². The molecule has 0 atom stereocenters. The van der Waals surface area contributed by atoms with Crippen LogP contribution in [0, 0.1) is 0 Å². The van der Waals surface area contributed by atoms with Crippen LogP contribution >= 0.6 is 7.92 Å². The van der Waals surface area contributed by atoms with Crippen LogP contribution in [0.2, 0.25) is 0 Å². The maximum Gasteiger partial charge on any atom is 0.145 e. The van der Waals surface area contributed by atoms with Crippen LogP contribution in [-0.4, -0.2) is 9.38 Å². The Balaban J connectivity index is 1.08. The summed E-state index contributed by atoms with van der Waals surface area (Å²) in [4.78, 5) is 4.96. The molecule has 0 saturated carbocycles. The molecule has 0 aliphatic rings. The molecule has 0 aliphatic carbocycles. The van der Waals surface area contributed by atoms with Crippen LogP contribution < -0.4 is 26.4 Å². The lowest BCUT2D eigenvalue weighted by Gasteiger charge is -2.20. The van der Waals surface area contributed by atoms with Crippen LogP contribution in [0.25, 0.3) is 73.3 Å². The van der Waals surface area contributed by atoms with Crippen molar-refractivity contribution in [2.24, 2.45) is 0 Å². The fourth-order valence-electron chi connectivity index (χ4n) is 7.20. The van der Waals surface area contributed by atoms with Gasteiger partial charge < -0.3 is 0 Å². The predicted molar refractivity (Wildman–Crippen MR) is 217 cm³/mol. The van der Waals surface area contributed by atoms with Gasteiger partial charge in [0.1, 0.15) is 5.65 Å². The van der Waals surface area contributed by atoms with Crippen LogP contribution in [0.3, 0.4) is 0 Å². The van der Waals surface area contributed by atoms with E-state index in [0.29, 0.717) is 0 Å². The summed E-state index contributed by atoms with van der Waals surface area (Å²) in [7, 11) is -0.644. The minimum atomic E-state index is -0.644. The van der Waals surface area contributed by atoms with Gasteiger partial charge in [-0.1, -0.05) is 159 Å². The number of hydrogen-bond acceptors (Lipinski definition) is 1. The summed E-state index contributed by atoms with van der Waals surface area (Å²) in [5.74, 6) is 0. The molecule has 0 radical (unpaired) electrons. The van der Waals surface area contributed by atoms with E-state index in [-0.39, 0.29) is 0 Å². The van der Waals surface area contributed by atoms with Crippen molar-refractivity contribution in [3.8, 4) is 22.3 Å². The Kier molecular flexibility index (Phi) is 7.46. The molecule has 0 fully saturated rings. The van der Waals surface area contributed by atoms with Crippen LogP contribution in [0.5, 0.6) is 0 Å². The van der Waals surface area contributed by atoms with Crippen LogP contribution in [0.1, 0.15) is 0 Å². The average Bonchev–Trinajstić information content (AvgIpc) is 3.57. The van der Waals surface area contributed by atoms with Crippen molar-refractivity contribution in [3.05, 3.63) is 187 Å². The van der Waals surface area contributed by atoms with E-state index >= 15 is 0 Å². The number of para-hydroxylation sites is 2. The fraction of sp³-hybridized carbons (Fsp3) is 0. The lowest BCUT2D eigenvalue weighted by molar-refractivity contribution is 1.27. The number of allylic oxidation sites excluding steroid dienone is 1. The number of aromatic nitrogens is 2. The highest BCUT2D eigenvalue weighted by Gasteiger charge is 2.17. The molecule has 2 nitrogen and oxygen atoms in total. The van der Waals surface area contributed by atoms with E-state index in [1.807, 2.05) is 18.2 Å². The molecule has 0 bridgehead atoms. The van der Waals surface area contributed by atoms with Crippen molar-refractivity contribution in [2.45, 2.75) is 0 Å². The molecule has 2 heterocycles. The number of pyridine rings is 1. The van der Waals surface area contributed by atoms with Gasteiger partial charge in [0.05, 0.1) is 16.6 Å². The molecule has 236 valence electrons.